The van der Waals surface area contributed by atoms with E-state index < -0.39 is 27.2 Å². The minimum absolute atomic E-state index is 0.0101. The molecule has 0 N–H and O–H groups in total. The monoisotopic (exact) mass is 688 g/mol. The van der Waals surface area contributed by atoms with Crippen molar-refractivity contribution in [1.82, 2.24) is 4.90 Å². The molecule has 0 radical (unpaired) electrons. The summed E-state index contributed by atoms with van der Waals surface area (Å²) in [7, 11) is 1.31. The lowest BCUT2D eigenvalue weighted by Gasteiger charge is -2.38. The number of nitrogens with zero attached hydrogens (tertiary/aromatic N) is 4. The smallest absolute Gasteiger partial charge is 0.317 e. The van der Waals surface area contributed by atoms with Crippen LogP contribution in [0.3, 0.4) is 0 Å². The Balaban J connectivity index is 1.96. The summed E-state index contributed by atoms with van der Waals surface area (Å²) in [4.78, 5) is 34.7. The van der Waals surface area contributed by atoms with E-state index in [2.05, 4.69) is 31.9 Å². The summed E-state index contributed by atoms with van der Waals surface area (Å²) in [5.41, 5.74) is 1.20. The van der Waals surface area contributed by atoms with Crippen LogP contribution in [0.4, 0.5) is 26.2 Å². The number of carbonyl (C=O) groups excluding carboxylic acids is 2. The third kappa shape index (κ3) is 5.66. The lowest BCUT2D eigenvalue weighted by atomic mass is 10.2. The van der Waals surface area contributed by atoms with Crippen LogP contribution in [0, 0.1) is 5.82 Å². The second-order valence-electron chi connectivity index (χ2n) is 7.98. The Morgan fingerprint density at radius 1 is 0.946 bits per heavy atom. The highest BCUT2D eigenvalue weighted by Crippen LogP contribution is 2.42. The van der Waals surface area contributed by atoms with Gasteiger partial charge in [0.25, 0.3) is 5.91 Å². The summed E-state index contributed by atoms with van der Waals surface area (Å²) < 4.78 is 13.7. The molecule has 192 valence electrons. The third-order valence-corrected chi connectivity index (χ3v) is 8.48. The second kappa shape index (κ2) is 11.3. The normalized spacial score (nSPS) is 16.0. The Kier molecular flexibility index (Phi) is 8.50. The summed E-state index contributed by atoms with van der Waals surface area (Å²) in [5.74, 6) is -1.67. The molecule has 1 fully saturated rings. The molecule has 3 amide bonds. The molecular formula is C25H18Br2Cl3FN4O2. The van der Waals surface area contributed by atoms with Crippen molar-refractivity contribution in [3.63, 3.8) is 0 Å². The van der Waals surface area contributed by atoms with E-state index in [9.17, 15) is 14.0 Å². The Morgan fingerprint density at radius 2 is 1.46 bits per heavy atom. The number of halogens is 6. The first-order chi connectivity index (χ1) is 17.5. The van der Waals surface area contributed by atoms with Crippen LogP contribution in [0.15, 0.2) is 77.8 Å². The number of urea groups is 1. The second-order valence-corrected chi connectivity index (χ2v) is 13.0. The lowest BCUT2D eigenvalue weighted by Crippen LogP contribution is -2.46. The number of imide groups is 1. The molecule has 1 saturated heterocycles. The number of hydrogen-bond acceptors (Lipinski definition) is 4. The first-order valence-electron chi connectivity index (χ1n) is 10.7. The van der Waals surface area contributed by atoms with E-state index in [0.29, 0.717) is 21.4 Å². The average Bonchev–Trinajstić information content (AvgIpc) is 3.09. The van der Waals surface area contributed by atoms with E-state index in [1.54, 1.807) is 59.5 Å². The van der Waals surface area contributed by atoms with Crippen molar-refractivity contribution in [3.8, 4) is 0 Å². The number of likely N-dealkylation sites (N-methyl/N-ethyl adjacent to an activating group) is 1. The zero-order valence-corrected chi connectivity index (χ0v) is 24.5. The number of benzene rings is 3. The van der Waals surface area contributed by atoms with Crippen LogP contribution in [0.1, 0.15) is 0 Å². The van der Waals surface area contributed by atoms with Crippen LogP contribution >= 0.6 is 66.7 Å². The quantitative estimate of drug-likeness (QED) is 0.188. The predicted molar refractivity (Wildman–Crippen MR) is 155 cm³/mol. The summed E-state index contributed by atoms with van der Waals surface area (Å²) in [6.07, 6.45) is -0.972. The van der Waals surface area contributed by atoms with Gasteiger partial charge in [-0.25, -0.2) is 19.1 Å². The van der Waals surface area contributed by atoms with Gasteiger partial charge in [0.1, 0.15) is 9.05 Å². The van der Waals surface area contributed by atoms with Crippen LogP contribution < -0.4 is 9.80 Å². The molecule has 1 heterocycles. The Bertz CT molecular complexity index is 1310. The van der Waals surface area contributed by atoms with Crippen LogP contribution in [-0.2, 0) is 4.79 Å². The molecular weight excluding hydrogens is 673 g/mol. The highest BCUT2D eigenvalue weighted by molar-refractivity contribution is 9.25. The summed E-state index contributed by atoms with van der Waals surface area (Å²) in [5, 5.41) is 1.04. The fourth-order valence-electron chi connectivity index (χ4n) is 3.70. The number of carbonyl (C=O) groups is 2. The number of amidine groups is 1. The first-order valence-corrected chi connectivity index (χ1v) is 13.6. The van der Waals surface area contributed by atoms with Gasteiger partial charge < -0.3 is 4.90 Å². The van der Waals surface area contributed by atoms with Gasteiger partial charge in [0.15, 0.2) is 6.17 Å². The number of aliphatic imine (C=N–C) groups is 1. The van der Waals surface area contributed by atoms with E-state index in [-0.39, 0.29) is 17.4 Å². The number of rotatable bonds is 7. The van der Waals surface area contributed by atoms with Gasteiger partial charge in [-0.05, 0) is 60.7 Å². The van der Waals surface area contributed by atoms with E-state index >= 15 is 0 Å². The fourth-order valence-corrected chi connectivity index (χ4v) is 4.70. The standard InChI is InChI=1S/C25H18Br2Cl3FN4O2/c1-33-22(36)21(35(24(33)37)20-5-3-2-4-19(20)31)32-23(25(26,27)14-28)34(17-10-6-15(29)7-11-17)18-12-8-16(30)9-13-18/h2-13,23H,14H2,1H3/b32-21+. The Labute approximate surface area is 244 Å². The number of para-hydroxylation sites is 1. The maximum Gasteiger partial charge on any atom is 0.337 e. The maximum absolute atomic E-state index is 14.8. The molecule has 3 aromatic carbocycles. The van der Waals surface area contributed by atoms with Crippen LogP contribution in [0.5, 0.6) is 0 Å². The molecule has 4 rings (SSSR count). The highest BCUT2D eigenvalue weighted by Gasteiger charge is 2.46. The van der Waals surface area contributed by atoms with Crippen molar-refractivity contribution in [1.29, 1.82) is 0 Å². The molecule has 1 atom stereocenters. The van der Waals surface area contributed by atoms with Gasteiger partial charge in [-0.2, -0.15) is 0 Å². The topological polar surface area (TPSA) is 56.2 Å². The van der Waals surface area contributed by atoms with E-state index in [1.165, 1.54) is 25.2 Å². The molecule has 1 aliphatic rings. The van der Waals surface area contributed by atoms with E-state index in [4.69, 9.17) is 39.8 Å². The SMILES string of the molecule is CN1C(=O)/C(=N\C(N(c2ccc(Cl)cc2)c2ccc(Cl)cc2)C(Br)(Br)CCl)N(c2ccccc2F)C1=O. The lowest BCUT2D eigenvalue weighted by molar-refractivity contribution is -0.119. The molecule has 0 aromatic heterocycles. The number of alkyl halides is 3. The molecule has 0 saturated carbocycles. The van der Waals surface area contributed by atoms with Crippen molar-refractivity contribution in [2.75, 3.05) is 22.7 Å². The number of anilines is 3. The molecule has 3 aromatic rings. The maximum atomic E-state index is 14.8. The van der Waals surface area contributed by atoms with Crippen molar-refractivity contribution in [2.24, 2.45) is 4.99 Å². The van der Waals surface area contributed by atoms with Gasteiger partial charge in [-0.3, -0.25) is 9.69 Å². The van der Waals surface area contributed by atoms with Crippen LogP contribution in [-0.4, -0.2) is 45.0 Å². The molecule has 0 spiro atoms. The molecule has 1 unspecified atom stereocenters. The predicted octanol–water partition coefficient (Wildman–Crippen LogP) is 7.82. The molecule has 37 heavy (non-hydrogen) atoms. The summed E-state index contributed by atoms with van der Waals surface area (Å²) in [6.45, 7) is 0. The largest absolute Gasteiger partial charge is 0.337 e. The number of amides is 3. The van der Waals surface area contributed by atoms with Gasteiger partial charge in [-0.1, -0.05) is 67.2 Å². The van der Waals surface area contributed by atoms with Crippen LogP contribution in [0.25, 0.3) is 0 Å². The fraction of sp³-hybridized carbons (Fsp3) is 0.160. The van der Waals surface area contributed by atoms with E-state index in [1.807, 2.05) is 0 Å². The average molecular weight is 692 g/mol. The zero-order chi connectivity index (χ0) is 26.9. The van der Waals surface area contributed by atoms with Crippen molar-refractivity contribution in [2.45, 2.75) is 9.40 Å². The third-order valence-electron chi connectivity index (χ3n) is 5.53. The minimum atomic E-state index is -1.11. The van der Waals surface area contributed by atoms with Crippen molar-refractivity contribution in [3.05, 3.63) is 88.7 Å². The molecule has 6 nitrogen and oxygen atoms in total. The van der Waals surface area contributed by atoms with Gasteiger partial charge in [0.2, 0.25) is 5.84 Å². The molecule has 1 aliphatic heterocycles. The van der Waals surface area contributed by atoms with Gasteiger partial charge in [-0.15, -0.1) is 11.6 Å². The molecule has 12 heteroatoms. The highest BCUT2D eigenvalue weighted by atomic mass is 79.9. The first kappa shape index (κ1) is 27.9. The molecule has 0 bridgehead atoms. The summed E-state index contributed by atoms with van der Waals surface area (Å²) >= 11 is 25.8. The van der Waals surface area contributed by atoms with Crippen molar-refractivity contribution >= 4 is 101 Å². The summed E-state index contributed by atoms with van der Waals surface area (Å²) in [6, 6.07) is 18.8. The molecule has 0 aliphatic carbocycles. The van der Waals surface area contributed by atoms with Crippen LogP contribution in [0.2, 0.25) is 10.0 Å². The van der Waals surface area contributed by atoms with Gasteiger partial charge >= 0.3 is 6.03 Å². The Hall–Kier alpha value is -2.17. The number of hydrogen-bond donors (Lipinski definition) is 0. The van der Waals surface area contributed by atoms with Gasteiger partial charge in [0, 0.05) is 28.5 Å². The van der Waals surface area contributed by atoms with E-state index in [0.717, 1.165) is 9.80 Å². The van der Waals surface area contributed by atoms with Gasteiger partial charge in [0.05, 0.1) is 11.6 Å². The zero-order valence-electron chi connectivity index (χ0n) is 19.1. The minimum Gasteiger partial charge on any atom is -0.317 e. The Morgan fingerprint density at radius 3 is 1.95 bits per heavy atom. The van der Waals surface area contributed by atoms with Crippen molar-refractivity contribution < 1.29 is 14.0 Å².